The Kier molecular flexibility index (Phi) is 8.43. The van der Waals surface area contributed by atoms with Gasteiger partial charge in [-0.2, -0.15) is 0 Å². The summed E-state index contributed by atoms with van der Waals surface area (Å²) in [5.74, 6) is -1.36. The summed E-state index contributed by atoms with van der Waals surface area (Å²) < 4.78 is 11.1. The third kappa shape index (κ3) is 6.55. The molecule has 0 heterocycles. The fourth-order valence-electron chi connectivity index (χ4n) is 4.13. The second kappa shape index (κ2) is 11.5. The van der Waals surface area contributed by atoms with Gasteiger partial charge in [0.15, 0.2) is 0 Å². The molecule has 0 spiro atoms. The number of carboxylic acid groups (broad SMARTS) is 1. The summed E-state index contributed by atoms with van der Waals surface area (Å²) in [6.07, 6.45) is -1.29. The zero-order valence-corrected chi connectivity index (χ0v) is 18.9. The van der Waals surface area contributed by atoms with Gasteiger partial charge in [-0.1, -0.05) is 48.5 Å². The molecule has 0 bridgehead atoms. The van der Waals surface area contributed by atoms with Crippen molar-refractivity contribution >= 4 is 18.0 Å². The summed E-state index contributed by atoms with van der Waals surface area (Å²) in [6.45, 7) is 4.09. The highest BCUT2D eigenvalue weighted by atomic mass is 16.5. The van der Waals surface area contributed by atoms with Crippen LogP contribution in [0.25, 0.3) is 11.1 Å². The molecule has 1 aliphatic rings. The number of carbonyl (C=O) groups is 3. The molecule has 0 saturated heterocycles. The number of carbonyl (C=O) groups excluding carboxylic acids is 2. The number of nitrogens with one attached hydrogen (secondary N) is 2. The summed E-state index contributed by atoms with van der Waals surface area (Å²) in [7, 11) is 0. The van der Waals surface area contributed by atoms with Crippen molar-refractivity contribution < 1.29 is 29.0 Å². The Morgan fingerprint density at radius 2 is 1.61 bits per heavy atom. The average Bonchev–Trinajstić information content (AvgIpc) is 3.09. The van der Waals surface area contributed by atoms with E-state index in [2.05, 4.69) is 34.9 Å². The summed E-state index contributed by atoms with van der Waals surface area (Å²) in [5.41, 5.74) is 4.57. The maximum Gasteiger partial charge on any atom is 0.407 e. The highest BCUT2D eigenvalue weighted by Crippen LogP contribution is 2.44. The van der Waals surface area contributed by atoms with Crippen LogP contribution in [0.5, 0.6) is 0 Å². The maximum absolute atomic E-state index is 12.4. The van der Waals surface area contributed by atoms with E-state index >= 15 is 0 Å². The van der Waals surface area contributed by atoms with E-state index in [0.29, 0.717) is 6.61 Å². The molecule has 0 fully saturated rings. The van der Waals surface area contributed by atoms with Crippen LogP contribution in [0.15, 0.2) is 48.5 Å². The molecule has 33 heavy (non-hydrogen) atoms. The predicted molar refractivity (Wildman–Crippen MR) is 123 cm³/mol. The lowest BCUT2D eigenvalue weighted by molar-refractivity contribution is -0.137. The first-order valence-corrected chi connectivity index (χ1v) is 11.1. The number of ether oxygens (including phenoxy) is 2. The molecule has 2 amide bonds. The van der Waals surface area contributed by atoms with Gasteiger partial charge in [-0.15, -0.1) is 0 Å². The van der Waals surface area contributed by atoms with Crippen molar-refractivity contribution in [3.63, 3.8) is 0 Å². The number of rotatable bonds is 11. The minimum absolute atomic E-state index is 0.00144. The van der Waals surface area contributed by atoms with Crippen LogP contribution in [0.4, 0.5) is 4.79 Å². The zero-order chi connectivity index (χ0) is 23.8. The Labute approximate surface area is 193 Å². The van der Waals surface area contributed by atoms with Gasteiger partial charge in [-0.05, 0) is 36.1 Å². The van der Waals surface area contributed by atoms with E-state index in [0.717, 1.165) is 22.3 Å². The molecule has 176 valence electrons. The number of carboxylic acids is 1. The molecule has 0 aliphatic heterocycles. The van der Waals surface area contributed by atoms with Gasteiger partial charge >= 0.3 is 12.1 Å². The number of hydrogen-bond donors (Lipinski definition) is 3. The van der Waals surface area contributed by atoms with Gasteiger partial charge in [-0.25, -0.2) is 4.79 Å². The largest absolute Gasteiger partial charge is 0.481 e. The third-order valence-corrected chi connectivity index (χ3v) is 5.52. The number of hydrogen-bond acceptors (Lipinski definition) is 5. The number of fused-ring (bicyclic) bond motifs is 3. The van der Waals surface area contributed by atoms with Crippen LogP contribution in [-0.4, -0.2) is 55.0 Å². The second-order valence-corrected chi connectivity index (χ2v) is 8.05. The highest BCUT2D eigenvalue weighted by Gasteiger charge is 2.29. The topological polar surface area (TPSA) is 114 Å². The van der Waals surface area contributed by atoms with E-state index in [9.17, 15) is 14.4 Å². The van der Waals surface area contributed by atoms with Crippen LogP contribution in [-0.2, 0) is 19.1 Å². The van der Waals surface area contributed by atoms with Gasteiger partial charge in [0.1, 0.15) is 6.61 Å². The monoisotopic (exact) mass is 454 g/mol. The number of aliphatic carboxylic acids is 1. The molecule has 8 nitrogen and oxygen atoms in total. The molecule has 2 aromatic carbocycles. The first-order chi connectivity index (χ1) is 15.9. The molecule has 1 unspecified atom stereocenters. The van der Waals surface area contributed by atoms with Crippen LogP contribution in [0, 0.1) is 0 Å². The molecular weight excluding hydrogens is 424 g/mol. The fraction of sp³-hybridized carbons (Fsp3) is 0.400. The lowest BCUT2D eigenvalue weighted by atomic mass is 9.98. The van der Waals surface area contributed by atoms with Crippen LogP contribution in [0.1, 0.15) is 43.7 Å². The molecule has 3 rings (SSSR count). The van der Waals surface area contributed by atoms with E-state index in [-0.39, 0.29) is 37.8 Å². The van der Waals surface area contributed by atoms with Crippen molar-refractivity contribution in [1.29, 1.82) is 0 Å². The summed E-state index contributed by atoms with van der Waals surface area (Å²) >= 11 is 0. The molecule has 0 radical (unpaired) electrons. The molecule has 0 aromatic heterocycles. The minimum Gasteiger partial charge on any atom is -0.481 e. The van der Waals surface area contributed by atoms with Crippen molar-refractivity contribution in [1.82, 2.24) is 10.6 Å². The second-order valence-electron chi connectivity index (χ2n) is 8.05. The zero-order valence-electron chi connectivity index (χ0n) is 18.9. The number of benzene rings is 2. The van der Waals surface area contributed by atoms with Crippen LogP contribution in [0.3, 0.4) is 0 Å². The lowest BCUT2D eigenvalue weighted by Gasteiger charge is -2.19. The molecule has 8 heteroatoms. The third-order valence-electron chi connectivity index (χ3n) is 5.52. The minimum atomic E-state index is -0.985. The molecule has 2 aromatic rings. The molecular formula is C25H30N2O6. The van der Waals surface area contributed by atoms with Gasteiger partial charge in [-0.3, -0.25) is 9.59 Å². The van der Waals surface area contributed by atoms with Gasteiger partial charge in [0.25, 0.3) is 0 Å². The first-order valence-electron chi connectivity index (χ1n) is 11.1. The van der Waals surface area contributed by atoms with Crippen molar-refractivity contribution in [2.75, 3.05) is 19.8 Å². The van der Waals surface area contributed by atoms with Gasteiger partial charge in [0.05, 0.1) is 18.9 Å². The lowest BCUT2D eigenvalue weighted by Crippen LogP contribution is -2.40. The summed E-state index contributed by atoms with van der Waals surface area (Å²) in [6, 6.07) is 15.7. The average molecular weight is 455 g/mol. The Bertz CT molecular complexity index is 947. The molecule has 3 N–H and O–H groups in total. The van der Waals surface area contributed by atoms with Gasteiger partial charge in [0.2, 0.25) is 5.91 Å². The van der Waals surface area contributed by atoms with E-state index in [1.54, 1.807) is 13.8 Å². The van der Waals surface area contributed by atoms with Crippen LogP contribution in [0.2, 0.25) is 0 Å². The first kappa shape index (κ1) is 24.3. The summed E-state index contributed by atoms with van der Waals surface area (Å²) in [4.78, 5) is 35.3. The normalized spacial score (nSPS) is 14.0. The van der Waals surface area contributed by atoms with E-state index < -0.39 is 24.2 Å². The molecule has 1 aliphatic carbocycles. The van der Waals surface area contributed by atoms with Crippen molar-refractivity contribution in [3.8, 4) is 11.1 Å². The van der Waals surface area contributed by atoms with Gasteiger partial charge < -0.3 is 25.2 Å². The Morgan fingerprint density at radius 3 is 2.18 bits per heavy atom. The fourth-order valence-corrected chi connectivity index (χ4v) is 4.13. The van der Waals surface area contributed by atoms with E-state index in [4.69, 9.17) is 14.6 Å². The Morgan fingerprint density at radius 1 is 1.00 bits per heavy atom. The maximum atomic E-state index is 12.4. The van der Waals surface area contributed by atoms with Crippen LogP contribution < -0.4 is 10.6 Å². The van der Waals surface area contributed by atoms with Crippen LogP contribution >= 0.6 is 0 Å². The number of alkyl carbamates (subject to hydrolysis) is 1. The predicted octanol–water partition coefficient (Wildman–Crippen LogP) is 3.30. The van der Waals surface area contributed by atoms with Crippen molar-refractivity contribution in [2.45, 2.75) is 44.8 Å². The smallest absolute Gasteiger partial charge is 0.407 e. The van der Waals surface area contributed by atoms with Gasteiger partial charge in [0, 0.05) is 25.1 Å². The Hall–Kier alpha value is -3.39. The Balaban J connectivity index is 1.51. The molecule has 2 atom stereocenters. The van der Waals surface area contributed by atoms with E-state index in [1.165, 1.54) is 0 Å². The quantitative estimate of drug-likeness (QED) is 0.480. The summed E-state index contributed by atoms with van der Waals surface area (Å²) in [5, 5.41) is 14.1. The highest BCUT2D eigenvalue weighted by molar-refractivity contribution is 5.79. The van der Waals surface area contributed by atoms with Crippen molar-refractivity contribution in [2.24, 2.45) is 0 Å². The van der Waals surface area contributed by atoms with E-state index in [1.807, 2.05) is 24.3 Å². The number of amides is 2. The molecule has 0 saturated carbocycles. The standard InChI is InChI=1S/C25H30N2O6/c1-3-32-17(13-23(28)27-16(2)12-24(29)30)14-26-25(31)33-15-22-20-10-6-4-8-18(20)19-9-5-7-11-21(19)22/h4-11,16-17,22H,3,12-15H2,1-2H3,(H,26,31)(H,27,28)(H,29,30)/t16-,17?/m0/s1. The SMILES string of the molecule is CCOC(CNC(=O)OCC1c2ccccc2-c2ccccc21)CC(=O)N[C@@H](C)CC(=O)O. The van der Waals surface area contributed by atoms with Crippen molar-refractivity contribution in [3.05, 3.63) is 59.7 Å².